The van der Waals surface area contributed by atoms with Gasteiger partial charge in [-0.05, 0) is 23.8 Å². The van der Waals surface area contributed by atoms with Gasteiger partial charge in [0.05, 0.1) is 34.0 Å². The van der Waals surface area contributed by atoms with Crippen LogP contribution in [0, 0.1) is 0 Å². The van der Waals surface area contributed by atoms with Crippen molar-refractivity contribution in [2.75, 3.05) is 41.7 Å². The topological polar surface area (TPSA) is 76.4 Å². The lowest BCUT2D eigenvalue weighted by Gasteiger charge is -2.12. The summed E-state index contributed by atoms with van der Waals surface area (Å²) >= 11 is 0. The zero-order chi connectivity index (χ0) is 18.9. The Morgan fingerprint density at radius 3 is 2.15 bits per heavy atom. The Bertz CT molecular complexity index is 783. The summed E-state index contributed by atoms with van der Waals surface area (Å²) in [7, 11) is 6.21. The highest BCUT2D eigenvalue weighted by molar-refractivity contribution is 5.71. The van der Waals surface area contributed by atoms with Gasteiger partial charge < -0.3 is 28.1 Å². The van der Waals surface area contributed by atoms with E-state index in [9.17, 15) is 4.79 Å². The summed E-state index contributed by atoms with van der Waals surface area (Å²) < 4.78 is 31.5. The second kappa shape index (κ2) is 9.53. The molecule has 0 bridgehead atoms. The van der Waals surface area contributed by atoms with E-state index in [0.717, 1.165) is 5.56 Å². The Balaban J connectivity index is 2.27. The van der Waals surface area contributed by atoms with Gasteiger partial charge in [-0.15, -0.1) is 0 Å². The minimum atomic E-state index is -0.496. The van der Waals surface area contributed by atoms with Crippen LogP contribution >= 0.6 is 0 Å². The van der Waals surface area contributed by atoms with Crippen LogP contribution in [-0.2, 0) is 4.74 Å². The summed E-state index contributed by atoms with van der Waals surface area (Å²) in [6.07, 6.45) is 3.42. The van der Waals surface area contributed by atoms with E-state index in [2.05, 4.69) is 0 Å². The Kier molecular flexibility index (Phi) is 7.11. The van der Waals surface area contributed by atoms with Crippen molar-refractivity contribution in [3.63, 3.8) is 0 Å². The van der Waals surface area contributed by atoms with E-state index in [0.29, 0.717) is 42.0 Å². The van der Waals surface area contributed by atoms with Crippen LogP contribution in [0.15, 0.2) is 33.5 Å². The third-order valence-corrected chi connectivity index (χ3v) is 3.45. The van der Waals surface area contributed by atoms with Crippen molar-refractivity contribution in [3.8, 4) is 23.0 Å². The molecule has 0 aliphatic rings. The van der Waals surface area contributed by atoms with Crippen LogP contribution in [-0.4, -0.2) is 41.7 Å². The Hall–Kier alpha value is -2.93. The van der Waals surface area contributed by atoms with Crippen LogP contribution in [0.3, 0.4) is 0 Å². The van der Waals surface area contributed by atoms with Gasteiger partial charge in [-0.3, -0.25) is 0 Å². The normalized spacial score (nSPS) is 10.8. The number of ether oxygens (including phenoxy) is 5. The number of rotatable bonds is 9. The van der Waals surface area contributed by atoms with E-state index in [1.54, 1.807) is 58.8 Å². The van der Waals surface area contributed by atoms with E-state index >= 15 is 0 Å². The van der Waals surface area contributed by atoms with Gasteiger partial charge in [0.15, 0.2) is 11.5 Å². The van der Waals surface area contributed by atoms with Crippen molar-refractivity contribution in [2.24, 2.45) is 0 Å². The van der Waals surface area contributed by atoms with E-state index in [1.165, 1.54) is 6.07 Å². The van der Waals surface area contributed by atoms with Crippen LogP contribution in [0.1, 0.15) is 11.3 Å². The number of hydrogen-bond donors (Lipinski definition) is 0. The van der Waals surface area contributed by atoms with Crippen LogP contribution in [0.2, 0.25) is 0 Å². The molecule has 0 fully saturated rings. The molecular weight excluding hydrogens is 340 g/mol. The minimum Gasteiger partial charge on any atom is -0.493 e. The van der Waals surface area contributed by atoms with E-state index < -0.39 is 5.63 Å². The van der Waals surface area contributed by atoms with Gasteiger partial charge in [-0.2, -0.15) is 0 Å². The van der Waals surface area contributed by atoms with Crippen LogP contribution < -0.4 is 24.6 Å². The number of methoxy groups -OCH3 is 4. The predicted molar refractivity (Wildman–Crippen MR) is 97.4 cm³/mol. The molecule has 0 unspecified atom stereocenters. The fourth-order valence-electron chi connectivity index (χ4n) is 2.26. The minimum absolute atomic E-state index is 0.343. The summed E-state index contributed by atoms with van der Waals surface area (Å²) in [5.41, 5.74) is 0.289. The molecule has 0 N–H and O–H groups in total. The molecule has 7 nitrogen and oxygen atoms in total. The molecule has 0 saturated heterocycles. The van der Waals surface area contributed by atoms with Crippen molar-refractivity contribution < 1.29 is 28.1 Å². The fourth-order valence-corrected chi connectivity index (χ4v) is 2.26. The molecule has 1 aromatic heterocycles. The first kappa shape index (κ1) is 19.4. The molecule has 0 spiro atoms. The SMILES string of the molecule is COCCOc1cc(C=Cc2cc(OC)c(OC)c(OC)c2)oc(=O)c1. The van der Waals surface area contributed by atoms with Crippen LogP contribution in [0.25, 0.3) is 12.2 Å². The molecule has 140 valence electrons. The molecule has 7 heteroatoms. The van der Waals surface area contributed by atoms with Crippen molar-refractivity contribution in [2.45, 2.75) is 0 Å². The highest BCUT2D eigenvalue weighted by Gasteiger charge is 2.12. The first-order chi connectivity index (χ1) is 12.6. The molecule has 2 aromatic rings. The maximum atomic E-state index is 11.7. The molecule has 0 aliphatic carbocycles. The van der Waals surface area contributed by atoms with Crippen molar-refractivity contribution in [1.29, 1.82) is 0 Å². The van der Waals surface area contributed by atoms with Gasteiger partial charge in [-0.1, -0.05) is 6.08 Å². The lowest BCUT2D eigenvalue weighted by molar-refractivity contribution is 0.146. The van der Waals surface area contributed by atoms with E-state index in [4.69, 9.17) is 28.1 Å². The highest BCUT2D eigenvalue weighted by atomic mass is 16.5. The zero-order valence-electron chi connectivity index (χ0n) is 15.2. The summed E-state index contributed by atoms with van der Waals surface area (Å²) in [5.74, 6) is 2.35. The van der Waals surface area contributed by atoms with E-state index in [1.807, 2.05) is 0 Å². The number of benzene rings is 1. The van der Waals surface area contributed by atoms with Crippen molar-refractivity contribution in [3.05, 3.63) is 46.0 Å². The molecule has 1 aromatic carbocycles. The maximum absolute atomic E-state index is 11.7. The smallest absolute Gasteiger partial charge is 0.339 e. The Morgan fingerprint density at radius 2 is 1.58 bits per heavy atom. The summed E-state index contributed by atoms with van der Waals surface area (Å²) in [4.78, 5) is 11.7. The molecule has 0 amide bonds. The standard InChI is InChI=1S/C19H22O7/c1-21-7-8-25-15-11-14(26-18(20)12-15)6-5-13-9-16(22-2)19(24-4)17(10-13)23-3/h5-6,9-12H,7-8H2,1-4H3. The van der Waals surface area contributed by atoms with Crippen molar-refractivity contribution >= 4 is 12.2 Å². The maximum Gasteiger partial charge on any atom is 0.339 e. The Labute approximate surface area is 151 Å². The van der Waals surface area contributed by atoms with Gasteiger partial charge in [0.2, 0.25) is 5.75 Å². The van der Waals surface area contributed by atoms with Gasteiger partial charge in [0, 0.05) is 13.2 Å². The quantitative estimate of drug-likeness (QED) is 0.635. The zero-order valence-corrected chi connectivity index (χ0v) is 15.2. The predicted octanol–water partition coefficient (Wildman–Crippen LogP) is 2.86. The molecule has 26 heavy (non-hydrogen) atoms. The average Bonchev–Trinajstić information content (AvgIpc) is 2.65. The first-order valence-electron chi connectivity index (χ1n) is 7.86. The molecule has 0 radical (unpaired) electrons. The van der Waals surface area contributed by atoms with Gasteiger partial charge in [0.25, 0.3) is 0 Å². The van der Waals surface area contributed by atoms with Crippen LogP contribution in [0.5, 0.6) is 23.0 Å². The monoisotopic (exact) mass is 362 g/mol. The average molecular weight is 362 g/mol. The fraction of sp³-hybridized carbons (Fsp3) is 0.316. The lowest BCUT2D eigenvalue weighted by atomic mass is 10.1. The molecule has 2 rings (SSSR count). The van der Waals surface area contributed by atoms with E-state index in [-0.39, 0.29) is 0 Å². The van der Waals surface area contributed by atoms with Gasteiger partial charge in [0.1, 0.15) is 18.1 Å². The summed E-state index contributed by atoms with van der Waals surface area (Å²) in [6.45, 7) is 0.771. The molecule has 1 heterocycles. The Morgan fingerprint density at radius 1 is 0.885 bits per heavy atom. The first-order valence-corrected chi connectivity index (χ1v) is 7.86. The second-order valence-electron chi connectivity index (χ2n) is 5.15. The third-order valence-electron chi connectivity index (χ3n) is 3.45. The highest BCUT2D eigenvalue weighted by Crippen LogP contribution is 2.38. The molecule has 0 aliphatic heterocycles. The van der Waals surface area contributed by atoms with Crippen LogP contribution in [0.4, 0.5) is 0 Å². The second-order valence-corrected chi connectivity index (χ2v) is 5.15. The summed E-state index contributed by atoms with van der Waals surface area (Å²) in [5, 5.41) is 0. The summed E-state index contributed by atoms with van der Waals surface area (Å²) in [6, 6.07) is 6.49. The molecular formula is C19H22O7. The third kappa shape index (κ3) is 5.03. The largest absolute Gasteiger partial charge is 0.493 e. The molecule has 0 atom stereocenters. The molecule has 0 saturated carbocycles. The van der Waals surface area contributed by atoms with Crippen molar-refractivity contribution in [1.82, 2.24) is 0 Å². The lowest BCUT2D eigenvalue weighted by Crippen LogP contribution is -2.07. The number of hydrogen-bond acceptors (Lipinski definition) is 7. The van der Waals surface area contributed by atoms with Gasteiger partial charge in [-0.25, -0.2) is 4.79 Å². The van der Waals surface area contributed by atoms with Gasteiger partial charge >= 0.3 is 5.63 Å².